The summed E-state index contributed by atoms with van der Waals surface area (Å²) >= 11 is 5.14. The van der Waals surface area contributed by atoms with Gasteiger partial charge in [-0.15, -0.1) is 0 Å². The Balaban J connectivity index is 1.90. The number of alkyl halides is 3. The van der Waals surface area contributed by atoms with Gasteiger partial charge in [-0.1, -0.05) is 12.8 Å². The van der Waals surface area contributed by atoms with Gasteiger partial charge >= 0.3 is 6.18 Å². The summed E-state index contributed by atoms with van der Waals surface area (Å²) in [5, 5.41) is 2.89. The summed E-state index contributed by atoms with van der Waals surface area (Å²) in [4.78, 5) is 27.8. The molecular formula is C18H20F3N3O2S. The van der Waals surface area contributed by atoms with E-state index >= 15 is 0 Å². The number of aromatic nitrogens is 2. The second-order valence-electron chi connectivity index (χ2n) is 6.75. The van der Waals surface area contributed by atoms with Gasteiger partial charge < -0.3 is 10.3 Å². The molecule has 1 saturated carbocycles. The van der Waals surface area contributed by atoms with Crippen molar-refractivity contribution in [1.82, 2.24) is 14.9 Å². The van der Waals surface area contributed by atoms with Crippen LogP contribution in [0.5, 0.6) is 0 Å². The average Bonchev–Trinajstić information content (AvgIpc) is 2.61. The van der Waals surface area contributed by atoms with Crippen LogP contribution in [0.2, 0.25) is 0 Å². The van der Waals surface area contributed by atoms with E-state index in [0.717, 1.165) is 0 Å². The molecule has 0 bridgehead atoms. The first-order valence-corrected chi connectivity index (χ1v) is 9.27. The number of carbonyl (C=O) groups is 1. The highest BCUT2D eigenvalue weighted by molar-refractivity contribution is 7.71. The van der Waals surface area contributed by atoms with Crippen LogP contribution in [0.15, 0.2) is 23.0 Å². The highest BCUT2D eigenvalue weighted by Crippen LogP contribution is 2.37. The van der Waals surface area contributed by atoms with Crippen LogP contribution in [-0.2, 0) is 6.54 Å². The van der Waals surface area contributed by atoms with Crippen LogP contribution >= 0.6 is 12.2 Å². The van der Waals surface area contributed by atoms with Gasteiger partial charge in [0.25, 0.3) is 11.5 Å². The molecule has 0 spiro atoms. The Morgan fingerprint density at radius 3 is 2.70 bits per heavy atom. The molecule has 2 unspecified atom stereocenters. The third-order valence-electron chi connectivity index (χ3n) is 5.06. The van der Waals surface area contributed by atoms with Crippen LogP contribution < -0.4 is 10.9 Å². The van der Waals surface area contributed by atoms with Crippen molar-refractivity contribution in [2.75, 3.05) is 0 Å². The molecule has 1 aliphatic rings. The van der Waals surface area contributed by atoms with E-state index < -0.39 is 24.0 Å². The molecule has 0 aliphatic heterocycles. The third kappa shape index (κ3) is 3.92. The van der Waals surface area contributed by atoms with Crippen molar-refractivity contribution < 1.29 is 18.0 Å². The van der Waals surface area contributed by atoms with Gasteiger partial charge in [0.1, 0.15) is 0 Å². The lowest BCUT2D eigenvalue weighted by atomic mass is 9.84. The van der Waals surface area contributed by atoms with E-state index in [0.29, 0.717) is 36.7 Å². The van der Waals surface area contributed by atoms with E-state index in [4.69, 9.17) is 12.2 Å². The van der Waals surface area contributed by atoms with Crippen LogP contribution in [0.25, 0.3) is 10.9 Å². The molecule has 146 valence electrons. The summed E-state index contributed by atoms with van der Waals surface area (Å²) in [6.07, 6.45) is -2.85. The first kappa shape index (κ1) is 19.6. The van der Waals surface area contributed by atoms with Gasteiger partial charge in [-0.05, 0) is 50.2 Å². The molecule has 2 N–H and O–H groups in total. The molecule has 1 aliphatic carbocycles. The SMILES string of the molecule is CCn1c(=S)[nH]c2cc(C(=O)NC3CCCCC3C(F)(F)F)ccc2c1=O. The first-order valence-electron chi connectivity index (χ1n) is 8.87. The second kappa shape index (κ2) is 7.46. The molecule has 1 heterocycles. The minimum absolute atomic E-state index is 0.0236. The molecule has 0 saturated heterocycles. The zero-order valence-electron chi connectivity index (χ0n) is 14.7. The monoisotopic (exact) mass is 399 g/mol. The van der Waals surface area contributed by atoms with Crippen molar-refractivity contribution in [1.29, 1.82) is 0 Å². The largest absolute Gasteiger partial charge is 0.393 e. The molecular weight excluding hydrogens is 379 g/mol. The first-order chi connectivity index (χ1) is 12.7. The molecule has 1 aromatic carbocycles. The number of nitrogens with one attached hydrogen (secondary N) is 2. The number of hydrogen-bond donors (Lipinski definition) is 2. The zero-order valence-corrected chi connectivity index (χ0v) is 15.5. The van der Waals surface area contributed by atoms with Crippen molar-refractivity contribution in [2.24, 2.45) is 5.92 Å². The Hall–Kier alpha value is -2.16. The molecule has 27 heavy (non-hydrogen) atoms. The quantitative estimate of drug-likeness (QED) is 0.769. The van der Waals surface area contributed by atoms with Crippen LogP contribution in [0.1, 0.15) is 43.0 Å². The molecule has 5 nitrogen and oxygen atoms in total. The van der Waals surface area contributed by atoms with Gasteiger partial charge in [0, 0.05) is 18.2 Å². The number of aromatic amines is 1. The molecule has 2 atom stereocenters. The Kier molecular flexibility index (Phi) is 5.41. The topological polar surface area (TPSA) is 66.9 Å². The number of rotatable bonds is 3. The minimum atomic E-state index is -4.34. The summed E-state index contributed by atoms with van der Waals surface area (Å²) < 4.78 is 41.3. The summed E-state index contributed by atoms with van der Waals surface area (Å²) in [6, 6.07) is 3.45. The van der Waals surface area contributed by atoms with Gasteiger partial charge in [-0.25, -0.2) is 0 Å². The fourth-order valence-electron chi connectivity index (χ4n) is 3.63. The predicted molar refractivity (Wildman–Crippen MR) is 98.3 cm³/mol. The Morgan fingerprint density at radius 2 is 2.04 bits per heavy atom. The molecule has 1 aromatic heterocycles. The van der Waals surface area contributed by atoms with Crippen molar-refractivity contribution >= 4 is 29.0 Å². The smallest absolute Gasteiger partial charge is 0.349 e. The molecule has 9 heteroatoms. The third-order valence-corrected chi connectivity index (χ3v) is 5.39. The van der Waals surface area contributed by atoms with Gasteiger partial charge in [0.15, 0.2) is 4.77 Å². The molecule has 2 aromatic rings. The predicted octanol–water partition coefficient (Wildman–Crippen LogP) is 3.93. The van der Waals surface area contributed by atoms with E-state index in [-0.39, 0.29) is 22.3 Å². The van der Waals surface area contributed by atoms with Crippen molar-refractivity contribution in [3.8, 4) is 0 Å². The van der Waals surface area contributed by atoms with E-state index in [1.165, 1.54) is 22.8 Å². The van der Waals surface area contributed by atoms with Crippen LogP contribution in [-0.4, -0.2) is 27.7 Å². The standard InChI is InChI=1S/C18H20F3N3O2S/c1-2-24-16(26)11-8-7-10(9-14(11)23-17(24)27)15(25)22-13-6-4-3-5-12(13)18(19,20)21/h7-9,12-13H,2-6H2,1H3,(H,22,25)(H,23,27). The number of carbonyl (C=O) groups excluding carboxylic acids is 1. The normalized spacial score (nSPS) is 20.6. The van der Waals surface area contributed by atoms with Crippen LogP contribution in [0.4, 0.5) is 13.2 Å². The highest BCUT2D eigenvalue weighted by atomic mass is 32.1. The molecule has 0 radical (unpaired) electrons. The highest BCUT2D eigenvalue weighted by Gasteiger charge is 2.46. The number of nitrogens with zero attached hydrogens (tertiary/aromatic N) is 1. The summed E-state index contributed by atoms with van der Waals surface area (Å²) in [6.45, 7) is 2.20. The lowest BCUT2D eigenvalue weighted by Crippen LogP contribution is -2.47. The Labute approximate surface area is 158 Å². The van der Waals surface area contributed by atoms with Gasteiger partial charge in [0.05, 0.1) is 16.8 Å². The Bertz CT molecular complexity index is 980. The fraction of sp³-hybridized carbons (Fsp3) is 0.500. The van der Waals surface area contributed by atoms with Crippen molar-refractivity contribution in [3.63, 3.8) is 0 Å². The maximum absolute atomic E-state index is 13.2. The Morgan fingerprint density at radius 1 is 1.33 bits per heavy atom. The lowest BCUT2D eigenvalue weighted by molar-refractivity contribution is -0.187. The number of halogens is 3. The maximum atomic E-state index is 13.2. The zero-order chi connectivity index (χ0) is 19.8. The summed E-state index contributed by atoms with van der Waals surface area (Å²) in [5.41, 5.74) is 0.305. The van der Waals surface area contributed by atoms with E-state index in [1.807, 2.05) is 0 Å². The van der Waals surface area contributed by atoms with Gasteiger partial charge in [-0.3, -0.25) is 14.2 Å². The summed E-state index contributed by atoms with van der Waals surface area (Å²) in [5.74, 6) is -2.12. The van der Waals surface area contributed by atoms with Crippen molar-refractivity contribution in [2.45, 2.75) is 51.4 Å². The summed E-state index contributed by atoms with van der Waals surface area (Å²) in [7, 11) is 0. The number of H-pyrrole nitrogens is 1. The number of benzene rings is 1. The van der Waals surface area contributed by atoms with Crippen LogP contribution in [0, 0.1) is 10.7 Å². The average molecular weight is 399 g/mol. The molecule has 3 rings (SSSR count). The number of amides is 1. The number of fused-ring (bicyclic) bond motifs is 1. The van der Waals surface area contributed by atoms with Crippen molar-refractivity contribution in [3.05, 3.63) is 38.9 Å². The molecule has 1 fully saturated rings. The lowest BCUT2D eigenvalue weighted by Gasteiger charge is -2.33. The maximum Gasteiger partial charge on any atom is 0.393 e. The van der Waals surface area contributed by atoms with E-state index in [2.05, 4.69) is 10.3 Å². The molecule has 1 amide bonds. The van der Waals surface area contributed by atoms with E-state index in [1.54, 1.807) is 6.92 Å². The van der Waals surface area contributed by atoms with Crippen LogP contribution in [0.3, 0.4) is 0 Å². The van der Waals surface area contributed by atoms with Gasteiger partial charge in [0.2, 0.25) is 0 Å². The second-order valence-corrected chi connectivity index (χ2v) is 7.14. The van der Waals surface area contributed by atoms with Gasteiger partial charge in [-0.2, -0.15) is 13.2 Å². The van der Waals surface area contributed by atoms with E-state index in [9.17, 15) is 22.8 Å². The fourth-order valence-corrected chi connectivity index (χ4v) is 3.95. The number of hydrogen-bond acceptors (Lipinski definition) is 3. The minimum Gasteiger partial charge on any atom is -0.349 e.